The van der Waals surface area contributed by atoms with Crippen molar-refractivity contribution in [3.05, 3.63) is 59.1 Å². The van der Waals surface area contributed by atoms with Gasteiger partial charge in [0.2, 0.25) is 0 Å². The van der Waals surface area contributed by atoms with Crippen LogP contribution in [0.5, 0.6) is 5.75 Å². The second kappa shape index (κ2) is 7.71. The average Bonchev–Trinajstić information content (AvgIpc) is 2.55. The van der Waals surface area contributed by atoms with Crippen LogP contribution in [-0.2, 0) is 9.53 Å². The molecule has 0 aliphatic rings. The quantitative estimate of drug-likeness (QED) is 0.815. The van der Waals surface area contributed by atoms with Crippen LogP contribution in [0.3, 0.4) is 0 Å². The fourth-order valence-electron chi connectivity index (χ4n) is 2.15. The molecule has 0 aliphatic heterocycles. The monoisotopic (exact) mass is 319 g/mol. The zero-order valence-corrected chi connectivity index (χ0v) is 13.3. The van der Waals surface area contributed by atoms with Crippen molar-refractivity contribution in [2.75, 3.05) is 19.5 Å². The predicted molar refractivity (Wildman–Crippen MR) is 87.4 cm³/mol. The van der Waals surface area contributed by atoms with E-state index < -0.39 is 0 Å². The van der Waals surface area contributed by atoms with E-state index in [2.05, 4.69) is 5.32 Å². The minimum atomic E-state index is -0.289. The highest BCUT2D eigenvalue weighted by Crippen LogP contribution is 2.30. The molecule has 1 atom stereocenters. The summed E-state index contributed by atoms with van der Waals surface area (Å²) in [5, 5.41) is 3.98. The van der Waals surface area contributed by atoms with Crippen LogP contribution in [0.1, 0.15) is 18.0 Å². The van der Waals surface area contributed by atoms with Crippen LogP contribution in [0.15, 0.2) is 48.5 Å². The molecule has 0 aliphatic carbocycles. The van der Waals surface area contributed by atoms with Crippen LogP contribution < -0.4 is 10.1 Å². The van der Waals surface area contributed by atoms with Crippen molar-refractivity contribution in [1.82, 2.24) is 0 Å². The molecule has 0 radical (unpaired) electrons. The van der Waals surface area contributed by atoms with E-state index in [1.54, 1.807) is 19.2 Å². The number of nitrogens with one attached hydrogen (secondary N) is 1. The maximum absolute atomic E-state index is 11.7. The molecular formula is C17H18ClNO3. The summed E-state index contributed by atoms with van der Waals surface area (Å²) in [4.78, 5) is 11.7. The molecule has 0 aromatic heterocycles. The van der Waals surface area contributed by atoms with Crippen molar-refractivity contribution < 1.29 is 14.3 Å². The summed E-state index contributed by atoms with van der Waals surface area (Å²) in [6.07, 6.45) is 0.205. The number of rotatable bonds is 6. The van der Waals surface area contributed by atoms with Crippen molar-refractivity contribution in [2.45, 2.75) is 12.5 Å². The van der Waals surface area contributed by atoms with Gasteiger partial charge in [0.05, 0.1) is 32.4 Å². The van der Waals surface area contributed by atoms with Gasteiger partial charge in [-0.15, -0.1) is 0 Å². The number of carbonyl (C=O) groups is 1. The van der Waals surface area contributed by atoms with E-state index in [1.807, 2.05) is 36.4 Å². The molecule has 0 unspecified atom stereocenters. The number of esters is 1. The van der Waals surface area contributed by atoms with Crippen LogP contribution in [0, 0.1) is 0 Å². The van der Waals surface area contributed by atoms with Crippen molar-refractivity contribution in [3.63, 3.8) is 0 Å². The standard InChI is InChI=1S/C17H18ClNO3/c1-21-16-6-4-3-5-14(16)19-15(11-17(20)22-2)12-7-9-13(18)10-8-12/h3-10,15,19H,11H2,1-2H3/t15-/m1/s1. The Bertz CT molecular complexity index is 628. The summed E-state index contributed by atoms with van der Waals surface area (Å²) in [5.41, 5.74) is 1.76. The smallest absolute Gasteiger partial charge is 0.307 e. The second-order valence-corrected chi connectivity index (χ2v) is 5.17. The van der Waals surface area contributed by atoms with Gasteiger partial charge in [-0.05, 0) is 29.8 Å². The van der Waals surface area contributed by atoms with Gasteiger partial charge in [-0.25, -0.2) is 0 Å². The maximum atomic E-state index is 11.7. The Morgan fingerprint density at radius 1 is 1.14 bits per heavy atom. The Morgan fingerprint density at radius 3 is 2.45 bits per heavy atom. The molecule has 0 bridgehead atoms. The Hall–Kier alpha value is -2.20. The topological polar surface area (TPSA) is 47.6 Å². The summed E-state index contributed by atoms with van der Waals surface area (Å²) in [5.74, 6) is 0.425. The number of hydrogen-bond acceptors (Lipinski definition) is 4. The highest BCUT2D eigenvalue weighted by Gasteiger charge is 2.18. The Labute approximate surface area is 135 Å². The molecule has 0 saturated heterocycles. The Kier molecular flexibility index (Phi) is 5.67. The van der Waals surface area contributed by atoms with E-state index in [-0.39, 0.29) is 18.4 Å². The first-order chi connectivity index (χ1) is 10.6. The van der Waals surface area contributed by atoms with Crippen molar-refractivity contribution >= 4 is 23.3 Å². The third-order valence-corrected chi connectivity index (χ3v) is 3.56. The zero-order valence-electron chi connectivity index (χ0n) is 12.5. The van der Waals surface area contributed by atoms with E-state index in [0.717, 1.165) is 11.3 Å². The molecule has 0 saturated carbocycles. The Morgan fingerprint density at radius 2 is 1.82 bits per heavy atom. The van der Waals surface area contributed by atoms with Crippen molar-refractivity contribution in [2.24, 2.45) is 0 Å². The molecule has 2 rings (SSSR count). The summed E-state index contributed by atoms with van der Waals surface area (Å²) in [6, 6.07) is 14.7. The largest absolute Gasteiger partial charge is 0.495 e. The number of benzene rings is 2. The van der Waals surface area contributed by atoms with E-state index in [0.29, 0.717) is 10.8 Å². The lowest BCUT2D eigenvalue weighted by Crippen LogP contribution is -2.16. The summed E-state index contributed by atoms with van der Waals surface area (Å²) < 4.78 is 10.1. The zero-order chi connectivity index (χ0) is 15.9. The second-order valence-electron chi connectivity index (χ2n) is 4.73. The van der Waals surface area contributed by atoms with Gasteiger partial charge in [0, 0.05) is 5.02 Å². The lowest BCUT2D eigenvalue weighted by atomic mass is 10.0. The number of methoxy groups -OCH3 is 2. The molecular weight excluding hydrogens is 302 g/mol. The summed E-state index contributed by atoms with van der Waals surface area (Å²) in [6.45, 7) is 0. The summed E-state index contributed by atoms with van der Waals surface area (Å²) >= 11 is 5.93. The van der Waals surface area contributed by atoms with Crippen LogP contribution in [0.2, 0.25) is 5.02 Å². The molecule has 0 heterocycles. The molecule has 0 spiro atoms. The first-order valence-electron chi connectivity index (χ1n) is 6.86. The molecule has 5 heteroatoms. The molecule has 2 aromatic rings. The number of halogens is 1. The minimum absolute atomic E-state index is 0.205. The van der Waals surface area contributed by atoms with Gasteiger partial charge in [-0.1, -0.05) is 35.9 Å². The average molecular weight is 320 g/mol. The third kappa shape index (κ3) is 4.15. The predicted octanol–water partition coefficient (Wildman–Crippen LogP) is 4.06. The van der Waals surface area contributed by atoms with E-state index in [4.69, 9.17) is 21.1 Å². The van der Waals surface area contributed by atoms with Gasteiger partial charge in [0.15, 0.2) is 0 Å². The van der Waals surface area contributed by atoms with Crippen molar-refractivity contribution in [1.29, 1.82) is 0 Å². The summed E-state index contributed by atoms with van der Waals surface area (Å²) in [7, 11) is 2.99. The molecule has 116 valence electrons. The molecule has 1 N–H and O–H groups in total. The van der Waals surface area contributed by atoms with Crippen LogP contribution in [0.25, 0.3) is 0 Å². The fourth-order valence-corrected chi connectivity index (χ4v) is 2.27. The van der Waals surface area contributed by atoms with Gasteiger partial charge in [-0.3, -0.25) is 4.79 Å². The number of anilines is 1. The molecule has 2 aromatic carbocycles. The van der Waals surface area contributed by atoms with Crippen LogP contribution >= 0.6 is 11.6 Å². The molecule has 0 amide bonds. The SMILES string of the molecule is COC(=O)C[C@@H](Nc1ccccc1OC)c1ccc(Cl)cc1. The third-order valence-electron chi connectivity index (χ3n) is 3.31. The van der Waals surface area contributed by atoms with Crippen molar-refractivity contribution in [3.8, 4) is 5.75 Å². The first kappa shape index (κ1) is 16.2. The van der Waals surface area contributed by atoms with Gasteiger partial charge in [-0.2, -0.15) is 0 Å². The number of ether oxygens (including phenoxy) is 2. The fraction of sp³-hybridized carbons (Fsp3) is 0.235. The molecule has 4 nitrogen and oxygen atoms in total. The van der Waals surface area contributed by atoms with Gasteiger partial charge < -0.3 is 14.8 Å². The lowest BCUT2D eigenvalue weighted by molar-refractivity contribution is -0.140. The molecule has 22 heavy (non-hydrogen) atoms. The molecule has 0 fully saturated rings. The van der Waals surface area contributed by atoms with Gasteiger partial charge in [0.25, 0.3) is 0 Å². The number of para-hydroxylation sites is 2. The van der Waals surface area contributed by atoms with E-state index in [9.17, 15) is 4.79 Å². The highest BCUT2D eigenvalue weighted by molar-refractivity contribution is 6.30. The minimum Gasteiger partial charge on any atom is -0.495 e. The van der Waals surface area contributed by atoms with Crippen LogP contribution in [0.4, 0.5) is 5.69 Å². The van der Waals surface area contributed by atoms with Crippen LogP contribution in [-0.4, -0.2) is 20.2 Å². The first-order valence-corrected chi connectivity index (χ1v) is 7.23. The normalized spacial score (nSPS) is 11.6. The van der Waals surface area contributed by atoms with E-state index >= 15 is 0 Å². The lowest BCUT2D eigenvalue weighted by Gasteiger charge is -2.21. The Balaban J connectivity index is 2.27. The van der Waals surface area contributed by atoms with Gasteiger partial charge >= 0.3 is 5.97 Å². The highest BCUT2D eigenvalue weighted by atomic mass is 35.5. The maximum Gasteiger partial charge on any atom is 0.307 e. The number of hydrogen-bond donors (Lipinski definition) is 1. The number of carbonyl (C=O) groups excluding carboxylic acids is 1. The van der Waals surface area contributed by atoms with Gasteiger partial charge in [0.1, 0.15) is 5.75 Å². The van der Waals surface area contributed by atoms with E-state index in [1.165, 1.54) is 7.11 Å².